The van der Waals surface area contributed by atoms with E-state index >= 15 is 0 Å². The average Bonchev–Trinajstić information content (AvgIpc) is 3.12. The van der Waals surface area contributed by atoms with Gasteiger partial charge in [0.15, 0.2) is 5.70 Å². The monoisotopic (exact) mass is 320 g/mol. The molecule has 0 aliphatic carbocycles. The number of hydrogen-bond donors (Lipinski definition) is 0. The normalized spacial score (nSPS) is 18.3. The topological polar surface area (TPSA) is 7.94 Å². The van der Waals surface area contributed by atoms with E-state index in [4.69, 9.17) is 11.6 Å². The first-order valence-corrected chi connectivity index (χ1v) is 7.07. The van der Waals surface area contributed by atoms with Crippen molar-refractivity contribution in [2.75, 3.05) is 0 Å². The highest BCUT2D eigenvalue weighted by Gasteiger charge is 2.51. The average molecular weight is 321 g/mol. The number of aromatic nitrogens is 1. The quantitative estimate of drug-likeness (QED) is 0.704. The number of hydrogen-bond acceptors (Lipinski definition) is 0. The molecule has 0 saturated carbocycles. The Balaban J connectivity index is 2.04. The highest BCUT2D eigenvalue weighted by molar-refractivity contribution is 6.57. The van der Waals surface area contributed by atoms with Gasteiger partial charge in [-0.05, 0) is 36.0 Å². The molecule has 0 fully saturated rings. The number of benzene rings is 1. The molecule has 2 nitrogen and oxygen atoms in total. The zero-order valence-electron chi connectivity index (χ0n) is 11.2. The van der Waals surface area contributed by atoms with Gasteiger partial charge in [0.1, 0.15) is 12.0 Å². The van der Waals surface area contributed by atoms with Crippen molar-refractivity contribution in [1.29, 1.82) is 0 Å². The van der Waals surface area contributed by atoms with Crippen LogP contribution in [-0.4, -0.2) is 22.1 Å². The summed E-state index contributed by atoms with van der Waals surface area (Å²) < 4.78 is 44.5. The third-order valence-corrected chi connectivity index (χ3v) is 4.24. The van der Waals surface area contributed by atoms with E-state index in [1.807, 2.05) is 0 Å². The molecular weight excluding hydrogens is 311 g/mol. The summed E-state index contributed by atoms with van der Waals surface area (Å²) in [5.74, 6) is -0.540. The van der Waals surface area contributed by atoms with Gasteiger partial charge >= 0.3 is 6.97 Å². The lowest BCUT2D eigenvalue weighted by Gasteiger charge is -2.30. The molecule has 3 heterocycles. The van der Waals surface area contributed by atoms with Crippen molar-refractivity contribution >= 4 is 30.4 Å². The van der Waals surface area contributed by atoms with E-state index in [1.165, 1.54) is 24.5 Å². The summed E-state index contributed by atoms with van der Waals surface area (Å²) in [6.45, 7) is -3.92. The standard InChI is InChI=1S/C15H9BClF3N2/c17-11-9-10(5-6-12(11)18)15-13-3-1-7-21(13)16(19,20)22-8-2-4-14(15)22/h1-9H. The number of nitrogens with zero attached hydrogens (tertiary/aromatic N) is 2. The van der Waals surface area contributed by atoms with Crippen LogP contribution in [-0.2, 0) is 0 Å². The Labute approximate surface area is 129 Å². The lowest BCUT2D eigenvalue weighted by atomic mass is 9.86. The Kier molecular flexibility index (Phi) is 2.69. The molecule has 0 saturated heterocycles. The van der Waals surface area contributed by atoms with Crippen molar-refractivity contribution in [2.24, 2.45) is 0 Å². The second-order valence-corrected chi connectivity index (χ2v) is 5.60. The summed E-state index contributed by atoms with van der Waals surface area (Å²) in [6.07, 6.45) is 5.90. The highest BCUT2D eigenvalue weighted by Crippen LogP contribution is 2.38. The molecule has 2 aliphatic heterocycles. The first-order chi connectivity index (χ1) is 10.5. The first-order valence-electron chi connectivity index (χ1n) is 6.69. The van der Waals surface area contributed by atoms with Gasteiger partial charge in [-0.25, -0.2) is 4.39 Å². The maximum Gasteiger partial charge on any atom is 0.737 e. The van der Waals surface area contributed by atoms with Gasteiger partial charge in [-0.3, -0.25) is 0 Å². The molecule has 0 bridgehead atoms. The molecule has 0 unspecified atom stereocenters. The Bertz CT molecular complexity index is 896. The Morgan fingerprint density at radius 2 is 2.00 bits per heavy atom. The van der Waals surface area contributed by atoms with Gasteiger partial charge < -0.3 is 17.6 Å². The van der Waals surface area contributed by atoms with Crippen molar-refractivity contribution in [2.45, 2.75) is 0 Å². The fraction of sp³-hybridized carbons (Fsp3) is 0. The minimum absolute atomic E-state index is 0.0379. The number of rotatable bonds is 1. The fourth-order valence-electron chi connectivity index (χ4n) is 2.97. The molecule has 0 N–H and O–H groups in total. The van der Waals surface area contributed by atoms with Crippen LogP contribution in [0.1, 0.15) is 11.3 Å². The van der Waals surface area contributed by atoms with Gasteiger partial charge in [-0.1, -0.05) is 17.7 Å². The van der Waals surface area contributed by atoms with Gasteiger partial charge in [0.05, 0.1) is 10.6 Å². The zero-order chi connectivity index (χ0) is 15.5. The predicted octanol–water partition coefficient (Wildman–Crippen LogP) is 3.93. The van der Waals surface area contributed by atoms with Gasteiger partial charge in [-0.2, -0.15) is 0 Å². The van der Waals surface area contributed by atoms with Crippen molar-refractivity contribution in [1.82, 2.24) is 4.48 Å². The summed E-state index contributed by atoms with van der Waals surface area (Å²) in [5.41, 5.74) is 1.97. The van der Waals surface area contributed by atoms with Crippen molar-refractivity contribution in [3.05, 3.63) is 76.5 Å². The van der Waals surface area contributed by atoms with Crippen LogP contribution in [0.15, 0.2) is 54.4 Å². The molecule has 2 aliphatic rings. The summed E-state index contributed by atoms with van der Waals surface area (Å²) >= 11 is 5.84. The summed E-state index contributed by atoms with van der Waals surface area (Å²) in [7, 11) is 0. The molecule has 1 aromatic carbocycles. The van der Waals surface area contributed by atoms with E-state index in [0.717, 1.165) is 8.96 Å². The second kappa shape index (κ2) is 4.40. The maximum atomic E-state index is 14.6. The van der Waals surface area contributed by atoms with Crippen molar-refractivity contribution in [3.63, 3.8) is 0 Å². The van der Waals surface area contributed by atoms with Crippen LogP contribution in [0, 0.1) is 5.82 Å². The van der Waals surface area contributed by atoms with Crippen molar-refractivity contribution in [3.8, 4) is 0 Å². The van der Waals surface area contributed by atoms with E-state index in [0.29, 0.717) is 22.5 Å². The molecule has 110 valence electrons. The van der Waals surface area contributed by atoms with E-state index in [2.05, 4.69) is 0 Å². The van der Waals surface area contributed by atoms with E-state index in [-0.39, 0.29) is 5.02 Å². The zero-order valence-corrected chi connectivity index (χ0v) is 11.9. The molecule has 22 heavy (non-hydrogen) atoms. The van der Waals surface area contributed by atoms with Crippen molar-refractivity contribution < 1.29 is 17.5 Å². The molecular formula is C15H9BClF3N2. The molecule has 0 radical (unpaired) electrons. The molecule has 1 aromatic heterocycles. The molecule has 0 spiro atoms. The lowest BCUT2D eigenvalue weighted by Crippen LogP contribution is -2.49. The Morgan fingerprint density at radius 3 is 2.77 bits per heavy atom. The molecule has 4 rings (SSSR count). The van der Waals surface area contributed by atoms with Gasteiger partial charge in [0, 0.05) is 17.8 Å². The molecule has 7 heteroatoms. The minimum Gasteiger partial charge on any atom is -0.396 e. The Morgan fingerprint density at radius 1 is 1.18 bits per heavy atom. The van der Waals surface area contributed by atoms with Gasteiger partial charge in [0.25, 0.3) is 0 Å². The third kappa shape index (κ3) is 1.67. The second-order valence-electron chi connectivity index (χ2n) is 5.19. The smallest absolute Gasteiger partial charge is 0.396 e. The van der Waals surface area contributed by atoms with Crippen LogP contribution >= 0.6 is 11.6 Å². The molecule has 0 amide bonds. The van der Waals surface area contributed by atoms with E-state index < -0.39 is 12.8 Å². The van der Waals surface area contributed by atoms with E-state index in [1.54, 1.807) is 30.4 Å². The number of fused-ring (bicyclic) bond motifs is 2. The SMILES string of the molecule is Fc1ccc(C2=C3C=CC=[N+]3[B-](F)(F)n3cccc32)cc1Cl. The first kappa shape index (κ1) is 13.5. The van der Waals surface area contributed by atoms with Crippen LogP contribution in [0.25, 0.3) is 5.57 Å². The Hall–Kier alpha value is -2.21. The van der Waals surface area contributed by atoms with Crippen LogP contribution in [0.4, 0.5) is 13.0 Å². The van der Waals surface area contributed by atoms with Crippen LogP contribution < -0.4 is 0 Å². The summed E-state index contributed by atoms with van der Waals surface area (Å²) in [4.78, 5) is 0. The summed E-state index contributed by atoms with van der Waals surface area (Å²) in [5, 5.41) is -0.0379. The van der Waals surface area contributed by atoms with E-state index in [9.17, 15) is 13.0 Å². The largest absolute Gasteiger partial charge is 0.737 e. The predicted molar refractivity (Wildman–Crippen MR) is 80.7 cm³/mol. The van der Waals surface area contributed by atoms with Crippen LogP contribution in [0.2, 0.25) is 5.02 Å². The fourth-order valence-corrected chi connectivity index (χ4v) is 3.15. The number of allylic oxidation sites excluding steroid dienone is 2. The van der Waals surface area contributed by atoms with Crippen LogP contribution in [0.5, 0.6) is 0 Å². The van der Waals surface area contributed by atoms with Gasteiger partial charge in [0.2, 0.25) is 0 Å². The van der Waals surface area contributed by atoms with Crippen LogP contribution in [0.3, 0.4) is 0 Å². The number of halogens is 4. The van der Waals surface area contributed by atoms with Gasteiger partial charge in [-0.15, -0.1) is 0 Å². The maximum absolute atomic E-state index is 14.6. The minimum atomic E-state index is -3.92. The molecule has 0 atom stereocenters. The summed E-state index contributed by atoms with van der Waals surface area (Å²) in [6, 6.07) is 7.43. The lowest BCUT2D eigenvalue weighted by molar-refractivity contribution is -0.356. The highest BCUT2D eigenvalue weighted by atomic mass is 35.5. The third-order valence-electron chi connectivity index (χ3n) is 3.95. The molecule has 2 aromatic rings.